The lowest BCUT2D eigenvalue weighted by Crippen LogP contribution is -2.21. The number of benzene rings is 1. The van der Waals surface area contributed by atoms with Crippen LogP contribution in [0.15, 0.2) is 36.4 Å². The van der Waals surface area contributed by atoms with Gasteiger partial charge in [0.05, 0.1) is 14.7 Å². The van der Waals surface area contributed by atoms with Crippen LogP contribution in [0.2, 0.25) is 8.67 Å². The maximum absolute atomic E-state index is 6.22. The van der Waals surface area contributed by atoms with Crippen molar-refractivity contribution >= 4 is 34.5 Å². The standard InChI is InChI=1S/C13H13Cl2NS/c1-2-16-12(9-6-4-3-5-7-9)10-8-11(14)17-13(10)15/h3-8,12,16H,2H2,1H3. The number of halogens is 2. The first kappa shape index (κ1) is 12.9. The molecule has 0 saturated carbocycles. The fraction of sp³-hybridized carbons (Fsp3) is 0.231. The summed E-state index contributed by atoms with van der Waals surface area (Å²) in [6, 6.07) is 12.3. The first-order chi connectivity index (χ1) is 8.22. The zero-order chi connectivity index (χ0) is 12.3. The van der Waals surface area contributed by atoms with Gasteiger partial charge in [-0.1, -0.05) is 60.5 Å². The summed E-state index contributed by atoms with van der Waals surface area (Å²) in [6.45, 7) is 2.96. The minimum atomic E-state index is 0.109. The van der Waals surface area contributed by atoms with Crippen molar-refractivity contribution in [3.05, 3.63) is 56.2 Å². The second kappa shape index (κ2) is 5.87. The topological polar surface area (TPSA) is 12.0 Å². The highest BCUT2D eigenvalue weighted by Crippen LogP contribution is 2.37. The van der Waals surface area contributed by atoms with Crippen LogP contribution >= 0.6 is 34.5 Å². The Morgan fingerprint density at radius 3 is 2.47 bits per heavy atom. The summed E-state index contributed by atoms with van der Waals surface area (Å²) in [5, 5.41) is 3.43. The van der Waals surface area contributed by atoms with Crippen molar-refractivity contribution in [1.29, 1.82) is 0 Å². The van der Waals surface area contributed by atoms with Gasteiger partial charge in [-0.05, 0) is 18.2 Å². The van der Waals surface area contributed by atoms with E-state index in [2.05, 4.69) is 24.4 Å². The molecule has 0 aliphatic heterocycles. The predicted octanol–water partition coefficient (Wildman–Crippen LogP) is 4.75. The maximum atomic E-state index is 6.22. The average Bonchev–Trinajstić information content (AvgIpc) is 2.66. The van der Waals surface area contributed by atoms with Crippen molar-refractivity contribution in [2.24, 2.45) is 0 Å². The Morgan fingerprint density at radius 2 is 1.94 bits per heavy atom. The zero-order valence-corrected chi connectivity index (χ0v) is 11.7. The molecule has 1 atom stereocenters. The molecular weight excluding hydrogens is 273 g/mol. The molecule has 1 aromatic heterocycles. The molecule has 1 aromatic carbocycles. The molecule has 1 heterocycles. The average molecular weight is 286 g/mol. The third-order valence-electron chi connectivity index (χ3n) is 2.54. The molecule has 1 unspecified atom stereocenters. The van der Waals surface area contributed by atoms with Crippen molar-refractivity contribution in [3.63, 3.8) is 0 Å². The molecular formula is C13H13Cl2NS. The molecule has 0 aliphatic carbocycles. The van der Waals surface area contributed by atoms with Gasteiger partial charge in [-0.2, -0.15) is 0 Å². The van der Waals surface area contributed by atoms with E-state index in [1.807, 2.05) is 24.3 Å². The molecule has 0 amide bonds. The SMILES string of the molecule is CCNC(c1ccccc1)c1cc(Cl)sc1Cl. The van der Waals surface area contributed by atoms with Crippen molar-refractivity contribution in [3.8, 4) is 0 Å². The largest absolute Gasteiger partial charge is 0.306 e. The quantitative estimate of drug-likeness (QED) is 0.855. The molecule has 2 rings (SSSR count). The van der Waals surface area contributed by atoms with Crippen LogP contribution < -0.4 is 5.32 Å². The third-order valence-corrected chi connectivity index (χ3v) is 4.05. The fourth-order valence-corrected chi connectivity index (χ4v) is 3.34. The number of thiophene rings is 1. The Kier molecular flexibility index (Phi) is 4.46. The van der Waals surface area contributed by atoms with Crippen LogP contribution in [0.5, 0.6) is 0 Å². The molecule has 0 bridgehead atoms. The highest BCUT2D eigenvalue weighted by molar-refractivity contribution is 7.20. The van der Waals surface area contributed by atoms with Gasteiger partial charge in [-0.15, -0.1) is 11.3 Å². The molecule has 0 radical (unpaired) electrons. The van der Waals surface area contributed by atoms with Crippen LogP contribution in [-0.4, -0.2) is 6.54 Å². The summed E-state index contributed by atoms with van der Waals surface area (Å²) in [7, 11) is 0. The zero-order valence-electron chi connectivity index (χ0n) is 9.41. The van der Waals surface area contributed by atoms with E-state index in [4.69, 9.17) is 23.2 Å². The minimum Gasteiger partial charge on any atom is -0.306 e. The predicted molar refractivity (Wildman–Crippen MR) is 76.3 cm³/mol. The number of hydrogen-bond donors (Lipinski definition) is 1. The first-order valence-corrected chi connectivity index (χ1v) is 7.02. The van der Waals surface area contributed by atoms with Crippen LogP contribution in [-0.2, 0) is 0 Å². The number of rotatable bonds is 4. The molecule has 90 valence electrons. The molecule has 2 aromatic rings. The van der Waals surface area contributed by atoms with Gasteiger partial charge in [0.25, 0.3) is 0 Å². The molecule has 4 heteroatoms. The summed E-state index contributed by atoms with van der Waals surface area (Å²) in [5.41, 5.74) is 2.25. The van der Waals surface area contributed by atoms with Gasteiger partial charge >= 0.3 is 0 Å². The lowest BCUT2D eigenvalue weighted by Gasteiger charge is -2.17. The van der Waals surface area contributed by atoms with Crippen LogP contribution in [0, 0.1) is 0 Å². The van der Waals surface area contributed by atoms with E-state index >= 15 is 0 Å². The second-order valence-electron chi connectivity index (χ2n) is 3.68. The molecule has 0 spiro atoms. The van der Waals surface area contributed by atoms with E-state index in [0.717, 1.165) is 20.8 Å². The summed E-state index contributed by atoms with van der Waals surface area (Å²) < 4.78 is 1.48. The maximum Gasteiger partial charge on any atom is 0.0995 e. The Labute approximate surface area is 115 Å². The van der Waals surface area contributed by atoms with E-state index in [9.17, 15) is 0 Å². The van der Waals surface area contributed by atoms with Crippen LogP contribution in [0.25, 0.3) is 0 Å². The smallest absolute Gasteiger partial charge is 0.0995 e. The fourth-order valence-electron chi connectivity index (χ4n) is 1.81. The van der Waals surface area contributed by atoms with Crippen molar-refractivity contribution in [2.45, 2.75) is 13.0 Å². The lowest BCUT2D eigenvalue weighted by atomic mass is 10.0. The summed E-state index contributed by atoms with van der Waals surface area (Å²) in [6.07, 6.45) is 0. The Morgan fingerprint density at radius 1 is 1.24 bits per heavy atom. The van der Waals surface area contributed by atoms with Gasteiger partial charge < -0.3 is 5.32 Å². The van der Waals surface area contributed by atoms with E-state index in [1.165, 1.54) is 16.9 Å². The Bertz CT molecular complexity index is 481. The third kappa shape index (κ3) is 3.02. The van der Waals surface area contributed by atoms with E-state index in [0.29, 0.717) is 0 Å². The van der Waals surface area contributed by atoms with E-state index in [-0.39, 0.29) is 6.04 Å². The normalized spacial score (nSPS) is 12.6. The van der Waals surface area contributed by atoms with Crippen LogP contribution in [0.4, 0.5) is 0 Å². The first-order valence-electron chi connectivity index (χ1n) is 5.45. The molecule has 0 aliphatic rings. The van der Waals surface area contributed by atoms with E-state index < -0.39 is 0 Å². The van der Waals surface area contributed by atoms with Crippen LogP contribution in [0.1, 0.15) is 24.1 Å². The van der Waals surface area contributed by atoms with Gasteiger partial charge in [-0.25, -0.2) is 0 Å². The van der Waals surface area contributed by atoms with Crippen LogP contribution in [0.3, 0.4) is 0 Å². The number of nitrogens with one attached hydrogen (secondary N) is 1. The van der Waals surface area contributed by atoms with Crippen molar-refractivity contribution < 1.29 is 0 Å². The van der Waals surface area contributed by atoms with Gasteiger partial charge in [0.1, 0.15) is 0 Å². The lowest BCUT2D eigenvalue weighted by molar-refractivity contribution is 0.632. The summed E-state index contributed by atoms with van der Waals surface area (Å²) >= 11 is 13.6. The van der Waals surface area contributed by atoms with Gasteiger partial charge in [0.2, 0.25) is 0 Å². The molecule has 17 heavy (non-hydrogen) atoms. The molecule has 1 N–H and O–H groups in total. The molecule has 1 nitrogen and oxygen atoms in total. The Balaban J connectivity index is 2.39. The summed E-state index contributed by atoms with van der Waals surface area (Å²) in [5.74, 6) is 0. The second-order valence-corrected chi connectivity index (χ2v) is 5.97. The van der Waals surface area contributed by atoms with Gasteiger partial charge in [0.15, 0.2) is 0 Å². The monoisotopic (exact) mass is 285 g/mol. The number of hydrogen-bond acceptors (Lipinski definition) is 2. The highest BCUT2D eigenvalue weighted by Gasteiger charge is 2.18. The summed E-state index contributed by atoms with van der Waals surface area (Å²) in [4.78, 5) is 0. The molecule has 0 fully saturated rings. The highest BCUT2D eigenvalue weighted by atomic mass is 35.5. The Hall–Kier alpha value is -0.540. The molecule has 0 saturated heterocycles. The van der Waals surface area contributed by atoms with E-state index in [1.54, 1.807) is 0 Å². The van der Waals surface area contributed by atoms with Gasteiger partial charge in [-0.3, -0.25) is 0 Å². The van der Waals surface area contributed by atoms with Crippen molar-refractivity contribution in [2.75, 3.05) is 6.54 Å². The van der Waals surface area contributed by atoms with Crippen molar-refractivity contribution in [1.82, 2.24) is 5.32 Å². The minimum absolute atomic E-state index is 0.109. The van der Waals surface area contributed by atoms with Gasteiger partial charge in [0, 0.05) is 5.56 Å².